The summed E-state index contributed by atoms with van der Waals surface area (Å²) in [4.78, 5) is 0. The highest BCUT2D eigenvalue weighted by molar-refractivity contribution is 9.10. The van der Waals surface area contributed by atoms with Crippen LogP contribution in [-0.4, -0.2) is 26.7 Å². The van der Waals surface area contributed by atoms with E-state index >= 15 is 0 Å². The molecule has 1 heterocycles. The van der Waals surface area contributed by atoms with Crippen molar-refractivity contribution in [3.8, 4) is 11.8 Å². The van der Waals surface area contributed by atoms with Crippen molar-refractivity contribution in [2.45, 2.75) is 12.8 Å². The number of hydrogen-bond acceptors (Lipinski definition) is 3. The lowest BCUT2D eigenvalue weighted by molar-refractivity contribution is 0.290. The van der Waals surface area contributed by atoms with E-state index in [9.17, 15) is 0 Å². The molecule has 0 saturated carbocycles. The third-order valence-corrected chi connectivity index (χ3v) is 1.99. The van der Waals surface area contributed by atoms with Crippen LogP contribution in [0.25, 0.3) is 0 Å². The average Bonchev–Trinajstić information content (AvgIpc) is 2.42. The third kappa shape index (κ3) is 2.83. The molecule has 0 unspecified atom stereocenters. The number of hydrogen-bond donors (Lipinski definition) is 1. The van der Waals surface area contributed by atoms with Gasteiger partial charge in [0.15, 0.2) is 4.60 Å². The van der Waals surface area contributed by atoms with Gasteiger partial charge in [-0.2, -0.15) is 0 Å². The molecule has 13 heavy (non-hydrogen) atoms. The van der Waals surface area contributed by atoms with E-state index in [-0.39, 0.29) is 6.61 Å². The quantitative estimate of drug-likeness (QED) is 0.615. The topological polar surface area (TPSA) is 50.9 Å². The van der Waals surface area contributed by atoms with Crippen LogP contribution in [-0.2, 0) is 7.05 Å². The summed E-state index contributed by atoms with van der Waals surface area (Å²) in [5, 5.41) is 16.1. The van der Waals surface area contributed by atoms with E-state index in [0.717, 1.165) is 5.69 Å². The zero-order valence-corrected chi connectivity index (χ0v) is 8.87. The van der Waals surface area contributed by atoms with Gasteiger partial charge in [-0.1, -0.05) is 11.1 Å². The molecule has 0 spiro atoms. The Morgan fingerprint density at radius 3 is 2.92 bits per heavy atom. The summed E-state index contributed by atoms with van der Waals surface area (Å²) >= 11 is 3.24. The van der Waals surface area contributed by atoms with Crippen molar-refractivity contribution >= 4 is 15.9 Å². The van der Waals surface area contributed by atoms with E-state index < -0.39 is 0 Å². The lowest BCUT2D eigenvalue weighted by Crippen LogP contribution is -1.93. The molecule has 0 aromatic carbocycles. The first-order chi connectivity index (χ1) is 6.25. The summed E-state index contributed by atoms with van der Waals surface area (Å²) in [5.74, 6) is 5.86. The van der Waals surface area contributed by atoms with Gasteiger partial charge in [0, 0.05) is 20.1 Å². The van der Waals surface area contributed by atoms with Crippen molar-refractivity contribution in [3.05, 3.63) is 10.3 Å². The Hall–Kier alpha value is -0.860. The van der Waals surface area contributed by atoms with Gasteiger partial charge in [-0.3, -0.25) is 0 Å². The smallest absolute Gasteiger partial charge is 0.164 e. The molecule has 0 aliphatic heterocycles. The van der Waals surface area contributed by atoms with Crippen LogP contribution < -0.4 is 0 Å². The van der Waals surface area contributed by atoms with Crippen molar-refractivity contribution in [3.63, 3.8) is 0 Å². The summed E-state index contributed by atoms with van der Waals surface area (Å²) in [6, 6.07) is 0. The van der Waals surface area contributed by atoms with Crippen molar-refractivity contribution in [1.29, 1.82) is 0 Å². The molecule has 0 atom stereocenters. The standard InChI is InChI=1S/C8H10BrN3O/c1-12-7(8(9)10-11-12)5-3-2-4-6-13/h13H,2,4,6H2,1H3. The Kier molecular flexibility index (Phi) is 3.93. The number of unbranched alkanes of at least 4 members (excludes halogenated alkanes) is 1. The predicted octanol–water partition coefficient (Wildman–Crippen LogP) is 0.702. The van der Waals surface area contributed by atoms with E-state index in [1.54, 1.807) is 11.7 Å². The monoisotopic (exact) mass is 243 g/mol. The fraction of sp³-hybridized carbons (Fsp3) is 0.500. The molecule has 70 valence electrons. The second-order valence-corrected chi connectivity index (χ2v) is 3.23. The number of aliphatic hydroxyl groups is 1. The van der Waals surface area contributed by atoms with Gasteiger partial charge < -0.3 is 5.11 Å². The molecule has 0 saturated heterocycles. The van der Waals surface area contributed by atoms with E-state index in [0.29, 0.717) is 17.4 Å². The summed E-state index contributed by atoms with van der Waals surface area (Å²) in [6.07, 6.45) is 1.39. The van der Waals surface area contributed by atoms with Crippen LogP contribution in [0.5, 0.6) is 0 Å². The second kappa shape index (κ2) is 5.00. The lowest BCUT2D eigenvalue weighted by atomic mass is 10.3. The Morgan fingerprint density at radius 2 is 2.38 bits per heavy atom. The zero-order valence-electron chi connectivity index (χ0n) is 7.29. The van der Waals surface area contributed by atoms with Crippen molar-refractivity contribution < 1.29 is 5.11 Å². The van der Waals surface area contributed by atoms with Gasteiger partial charge in [-0.15, -0.1) is 5.10 Å². The maximum Gasteiger partial charge on any atom is 0.164 e. The normalized spacial score (nSPS) is 9.46. The molecule has 0 bridgehead atoms. The maximum absolute atomic E-state index is 8.53. The Labute approximate surface area is 85.1 Å². The highest BCUT2D eigenvalue weighted by Gasteiger charge is 2.02. The molecule has 1 aromatic heterocycles. The molecule has 0 aliphatic rings. The van der Waals surface area contributed by atoms with Crippen LogP contribution in [0.2, 0.25) is 0 Å². The molecular weight excluding hydrogens is 234 g/mol. The summed E-state index contributed by atoms with van der Waals surface area (Å²) < 4.78 is 2.27. The molecule has 1 aromatic rings. The number of aryl methyl sites for hydroxylation is 1. The van der Waals surface area contributed by atoms with Gasteiger partial charge >= 0.3 is 0 Å². The van der Waals surface area contributed by atoms with Gasteiger partial charge in [-0.25, -0.2) is 4.68 Å². The Bertz CT molecular complexity index is 317. The molecule has 5 heteroatoms. The van der Waals surface area contributed by atoms with Crippen LogP contribution in [0.15, 0.2) is 4.60 Å². The van der Waals surface area contributed by atoms with Gasteiger partial charge in [0.05, 0.1) is 0 Å². The molecule has 0 radical (unpaired) electrons. The average molecular weight is 244 g/mol. The molecule has 0 amide bonds. The first-order valence-corrected chi connectivity index (χ1v) is 4.70. The summed E-state index contributed by atoms with van der Waals surface area (Å²) in [7, 11) is 1.79. The molecule has 0 fully saturated rings. The van der Waals surface area contributed by atoms with Crippen LogP contribution in [0.1, 0.15) is 18.5 Å². The highest BCUT2D eigenvalue weighted by Crippen LogP contribution is 2.09. The minimum absolute atomic E-state index is 0.180. The van der Waals surface area contributed by atoms with E-state index in [1.807, 2.05) is 0 Å². The summed E-state index contributed by atoms with van der Waals surface area (Å²) in [5.41, 5.74) is 0.762. The number of rotatable bonds is 2. The fourth-order valence-corrected chi connectivity index (χ4v) is 1.20. The fourth-order valence-electron chi connectivity index (χ4n) is 0.778. The van der Waals surface area contributed by atoms with Crippen LogP contribution in [0.4, 0.5) is 0 Å². The first-order valence-electron chi connectivity index (χ1n) is 3.90. The highest BCUT2D eigenvalue weighted by atomic mass is 79.9. The molecule has 0 aliphatic carbocycles. The van der Waals surface area contributed by atoms with Gasteiger partial charge in [-0.05, 0) is 28.3 Å². The molecule has 1 N–H and O–H groups in total. The van der Waals surface area contributed by atoms with E-state index in [2.05, 4.69) is 38.1 Å². The van der Waals surface area contributed by atoms with Gasteiger partial charge in [0.1, 0.15) is 5.69 Å². The first kappa shape index (κ1) is 10.2. The molecular formula is C8H10BrN3O. The lowest BCUT2D eigenvalue weighted by Gasteiger charge is -1.89. The Balaban J connectivity index is 2.65. The van der Waals surface area contributed by atoms with Crippen LogP contribution in [0, 0.1) is 11.8 Å². The van der Waals surface area contributed by atoms with E-state index in [1.165, 1.54) is 0 Å². The molecule has 1 rings (SSSR count). The number of aromatic nitrogens is 3. The minimum atomic E-state index is 0.180. The van der Waals surface area contributed by atoms with Crippen molar-refractivity contribution in [2.75, 3.05) is 6.61 Å². The predicted molar refractivity (Wildman–Crippen MR) is 51.9 cm³/mol. The van der Waals surface area contributed by atoms with Crippen LogP contribution in [0.3, 0.4) is 0 Å². The third-order valence-electron chi connectivity index (χ3n) is 1.45. The van der Waals surface area contributed by atoms with Gasteiger partial charge in [0.25, 0.3) is 0 Å². The SMILES string of the molecule is Cn1nnc(Br)c1C#CCCCO. The maximum atomic E-state index is 8.53. The van der Waals surface area contributed by atoms with Crippen molar-refractivity contribution in [2.24, 2.45) is 7.05 Å². The second-order valence-electron chi connectivity index (χ2n) is 2.48. The minimum Gasteiger partial charge on any atom is -0.396 e. The number of halogens is 1. The number of nitrogens with zero attached hydrogens (tertiary/aromatic N) is 3. The molecule has 4 nitrogen and oxygen atoms in total. The van der Waals surface area contributed by atoms with Crippen LogP contribution >= 0.6 is 15.9 Å². The van der Waals surface area contributed by atoms with Gasteiger partial charge in [0.2, 0.25) is 0 Å². The van der Waals surface area contributed by atoms with E-state index in [4.69, 9.17) is 5.11 Å². The van der Waals surface area contributed by atoms with Crippen molar-refractivity contribution in [1.82, 2.24) is 15.0 Å². The Morgan fingerprint density at radius 1 is 1.62 bits per heavy atom. The summed E-state index contributed by atoms with van der Waals surface area (Å²) in [6.45, 7) is 0.180. The zero-order chi connectivity index (χ0) is 9.68. The largest absolute Gasteiger partial charge is 0.396 e. The number of aliphatic hydroxyl groups excluding tert-OH is 1.